The van der Waals surface area contributed by atoms with E-state index in [2.05, 4.69) is 35.0 Å². The number of aromatic nitrogens is 1. The number of aliphatic hydroxyl groups excluding tert-OH is 1. The van der Waals surface area contributed by atoms with E-state index in [1.54, 1.807) is 0 Å². The smallest absolute Gasteiger partial charge is 0.0531 e. The Bertz CT molecular complexity index is 655. The van der Waals surface area contributed by atoms with Crippen LogP contribution >= 0.6 is 0 Å². The number of hydrogen-bond acceptors (Lipinski definition) is 1. The number of para-hydroxylation sites is 2. The van der Waals surface area contributed by atoms with Gasteiger partial charge < -0.3 is 9.67 Å². The van der Waals surface area contributed by atoms with Crippen molar-refractivity contribution >= 4 is 10.9 Å². The van der Waals surface area contributed by atoms with Crippen LogP contribution in [0.3, 0.4) is 0 Å². The molecule has 0 radical (unpaired) electrons. The zero-order valence-corrected chi connectivity index (χ0v) is 10.1. The second-order valence-electron chi connectivity index (χ2n) is 4.35. The third-order valence-corrected chi connectivity index (χ3v) is 3.21. The van der Waals surface area contributed by atoms with Gasteiger partial charge in [0.15, 0.2) is 0 Å². The molecule has 1 N–H and O–H groups in total. The van der Waals surface area contributed by atoms with Crippen molar-refractivity contribution in [3.8, 4) is 5.69 Å². The number of fused-ring (bicyclic) bond motifs is 1. The topological polar surface area (TPSA) is 25.2 Å². The molecule has 0 aliphatic rings. The Labute approximate surface area is 106 Å². The lowest BCUT2D eigenvalue weighted by molar-refractivity contribution is 0.300. The molecule has 2 heteroatoms. The van der Waals surface area contributed by atoms with E-state index in [0.29, 0.717) is 6.42 Å². The molecule has 1 aromatic heterocycles. The van der Waals surface area contributed by atoms with Crippen LogP contribution in [0.5, 0.6) is 0 Å². The first-order valence-electron chi connectivity index (χ1n) is 6.15. The first-order chi connectivity index (χ1) is 8.90. The average Bonchev–Trinajstić information content (AvgIpc) is 2.80. The molecule has 18 heavy (non-hydrogen) atoms. The molecule has 3 rings (SSSR count). The molecular weight excluding hydrogens is 222 g/mol. The summed E-state index contributed by atoms with van der Waals surface area (Å²) in [5.41, 5.74) is 3.53. The van der Waals surface area contributed by atoms with Crippen molar-refractivity contribution in [3.05, 3.63) is 66.4 Å². The highest BCUT2D eigenvalue weighted by Gasteiger charge is 2.08. The fourth-order valence-corrected chi connectivity index (χ4v) is 2.37. The van der Waals surface area contributed by atoms with E-state index < -0.39 is 0 Å². The van der Waals surface area contributed by atoms with Gasteiger partial charge in [0.05, 0.1) is 5.52 Å². The van der Waals surface area contributed by atoms with Crippen LogP contribution in [0.25, 0.3) is 16.6 Å². The molecule has 0 amide bonds. The molecule has 0 saturated carbocycles. The maximum absolute atomic E-state index is 9.15. The standard InChI is InChI=1S/C16H15NO/c18-11-10-13-12-17(14-6-2-1-3-7-14)16-9-5-4-8-15(13)16/h1-9,12,18H,10-11H2. The van der Waals surface area contributed by atoms with Crippen LogP contribution in [0.15, 0.2) is 60.8 Å². The maximum Gasteiger partial charge on any atom is 0.0531 e. The van der Waals surface area contributed by atoms with Gasteiger partial charge in [-0.3, -0.25) is 0 Å². The Morgan fingerprint density at radius 2 is 1.61 bits per heavy atom. The Hall–Kier alpha value is -2.06. The summed E-state index contributed by atoms with van der Waals surface area (Å²) in [6.45, 7) is 0.183. The third kappa shape index (κ3) is 1.81. The minimum Gasteiger partial charge on any atom is -0.396 e. The van der Waals surface area contributed by atoms with Gasteiger partial charge in [-0.1, -0.05) is 36.4 Å². The predicted octanol–water partition coefficient (Wildman–Crippen LogP) is 3.17. The molecule has 0 aliphatic carbocycles. The molecule has 90 valence electrons. The molecule has 1 heterocycles. The molecule has 0 aliphatic heterocycles. The van der Waals surface area contributed by atoms with Crippen LogP contribution in [0, 0.1) is 0 Å². The maximum atomic E-state index is 9.15. The van der Waals surface area contributed by atoms with Gasteiger partial charge in [0.25, 0.3) is 0 Å². The van der Waals surface area contributed by atoms with Crippen LogP contribution in [-0.2, 0) is 6.42 Å². The Morgan fingerprint density at radius 1 is 0.889 bits per heavy atom. The van der Waals surface area contributed by atoms with Gasteiger partial charge in [0.1, 0.15) is 0 Å². The summed E-state index contributed by atoms with van der Waals surface area (Å²) in [6.07, 6.45) is 2.82. The minimum absolute atomic E-state index is 0.183. The molecule has 0 fully saturated rings. The lowest BCUT2D eigenvalue weighted by Crippen LogP contribution is -1.91. The van der Waals surface area contributed by atoms with E-state index in [1.807, 2.05) is 30.3 Å². The zero-order valence-electron chi connectivity index (χ0n) is 10.1. The zero-order chi connectivity index (χ0) is 12.4. The van der Waals surface area contributed by atoms with E-state index >= 15 is 0 Å². The molecule has 3 aromatic rings. The number of aliphatic hydroxyl groups is 1. The highest BCUT2D eigenvalue weighted by atomic mass is 16.2. The second kappa shape index (κ2) is 4.67. The Balaban J connectivity index is 2.24. The third-order valence-electron chi connectivity index (χ3n) is 3.21. The summed E-state index contributed by atoms with van der Waals surface area (Å²) in [6, 6.07) is 18.6. The molecule has 0 spiro atoms. The summed E-state index contributed by atoms with van der Waals surface area (Å²) in [4.78, 5) is 0. The number of nitrogens with zero attached hydrogens (tertiary/aromatic N) is 1. The summed E-state index contributed by atoms with van der Waals surface area (Å²) >= 11 is 0. The normalized spacial score (nSPS) is 10.9. The van der Waals surface area contributed by atoms with Crippen LogP contribution in [0.4, 0.5) is 0 Å². The summed E-state index contributed by atoms with van der Waals surface area (Å²) in [5, 5.41) is 10.4. The second-order valence-corrected chi connectivity index (χ2v) is 4.35. The van der Waals surface area contributed by atoms with Crippen molar-refractivity contribution in [2.45, 2.75) is 6.42 Å². The Morgan fingerprint density at radius 3 is 2.39 bits per heavy atom. The summed E-state index contributed by atoms with van der Waals surface area (Å²) < 4.78 is 2.18. The van der Waals surface area contributed by atoms with E-state index in [9.17, 15) is 0 Å². The largest absolute Gasteiger partial charge is 0.396 e. The van der Waals surface area contributed by atoms with Gasteiger partial charge in [-0.05, 0) is 30.2 Å². The SMILES string of the molecule is OCCc1cn(-c2ccccc2)c2ccccc12. The Kier molecular flexibility index (Phi) is 2.87. The average molecular weight is 237 g/mol. The van der Waals surface area contributed by atoms with Crippen LogP contribution in [0.2, 0.25) is 0 Å². The molecule has 2 nitrogen and oxygen atoms in total. The highest BCUT2D eigenvalue weighted by molar-refractivity contribution is 5.85. The van der Waals surface area contributed by atoms with E-state index in [-0.39, 0.29) is 6.61 Å². The molecule has 0 saturated heterocycles. The van der Waals surface area contributed by atoms with E-state index in [1.165, 1.54) is 16.5 Å². The minimum atomic E-state index is 0.183. The monoisotopic (exact) mass is 237 g/mol. The number of rotatable bonds is 3. The lowest BCUT2D eigenvalue weighted by atomic mass is 10.1. The number of hydrogen-bond donors (Lipinski definition) is 1. The van der Waals surface area contributed by atoms with Crippen LogP contribution in [0.1, 0.15) is 5.56 Å². The highest BCUT2D eigenvalue weighted by Crippen LogP contribution is 2.24. The van der Waals surface area contributed by atoms with E-state index in [4.69, 9.17) is 5.11 Å². The van der Waals surface area contributed by atoms with Crippen molar-refractivity contribution in [2.75, 3.05) is 6.61 Å². The first kappa shape index (κ1) is 11.1. The van der Waals surface area contributed by atoms with Gasteiger partial charge in [-0.25, -0.2) is 0 Å². The van der Waals surface area contributed by atoms with Gasteiger partial charge >= 0.3 is 0 Å². The van der Waals surface area contributed by atoms with Gasteiger partial charge in [0.2, 0.25) is 0 Å². The van der Waals surface area contributed by atoms with Crippen molar-refractivity contribution < 1.29 is 5.11 Å². The summed E-state index contributed by atoms with van der Waals surface area (Å²) in [5.74, 6) is 0. The predicted molar refractivity (Wildman–Crippen MR) is 74.1 cm³/mol. The molecular formula is C16H15NO. The van der Waals surface area contributed by atoms with Crippen molar-refractivity contribution in [1.82, 2.24) is 4.57 Å². The van der Waals surface area contributed by atoms with E-state index in [0.717, 1.165) is 5.69 Å². The fraction of sp³-hybridized carbons (Fsp3) is 0.125. The van der Waals surface area contributed by atoms with Crippen molar-refractivity contribution in [1.29, 1.82) is 0 Å². The number of benzene rings is 2. The quantitative estimate of drug-likeness (QED) is 0.743. The van der Waals surface area contributed by atoms with Crippen LogP contribution in [-0.4, -0.2) is 16.3 Å². The molecule has 0 bridgehead atoms. The molecule has 2 aromatic carbocycles. The van der Waals surface area contributed by atoms with Crippen LogP contribution < -0.4 is 0 Å². The summed E-state index contributed by atoms with van der Waals surface area (Å²) in [7, 11) is 0. The molecule has 0 unspecified atom stereocenters. The van der Waals surface area contributed by atoms with Crippen molar-refractivity contribution in [2.24, 2.45) is 0 Å². The van der Waals surface area contributed by atoms with Gasteiger partial charge in [-0.2, -0.15) is 0 Å². The van der Waals surface area contributed by atoms with Gasteiger partial charge in [-0.15, -0.1) is 0 Å². The van der Waals surface area contributed by atoms with Crippen molar-refractivity contribution in [3.63, 3.8) is 0 Å². The fourth-order valence-electron chi connectivity index (χ4n) is 2.37. The molecule has 0 atom stereocenters. The van der Waals surface area contributed by atoms with Gasteiger partial charge in [0, 0.05) is 23.9 Å². The first-order valence-corrected chi connectivity index (χ1v) is 6.15. The lowest BCUT2D eigenvalue weighted by Gasteiger charge is -2.04.